The first-order valence-electron chi connectivity index (χ1n) is 7.57. The summed E-state index contributed by atoms with van der Waals surface area (Å²) in [4.78, 5) is 4.17. The number of hydrogen-bond acceptors (Lipinski definition) is 5. The summed E-state index contributed by atoms with van der Waals surface area (Å²) in [5.41, 5.74) is 1.14. The minimum absolute atomic E-state index is 0.0126. The Kier molecular flexibility index (Phi) is 5.38. The van der Waals surface area contributed by atoms with E-state index in [2.05, 4.69) is 16.1 Å². The maximum absolute atomic E-state index is 12.9. The van der Waals surface area contributed by atoms with Gasteiger partial charge in [0, 0.05) is 12.3 Å². The zero-order chi connectivity index (χ0) is 18.6. The van der Waals surface area contributed by atoms with Gasteiger partial charge in [-0.1, -0.05) is 40.9 Å². The Morgan fingerprint density at radius 3 is 2.62 bits per heavy atom. The number of rotatable bonds is 6. The van der Waals surface area contributed by atoms with E-state index in [0.29, 0.717) is 17.1 Å². The van der Waals surface area contributed by atoms with Gasteiger partial charge >= 0.3 is 0 Å². The Balaban J connectivity index is 1.89. The largest absolute Gasteiger partial charge is 0.359 e. The Bertz CT molecular complexity index is 1040. The van der Waals surface area contributed by atoms with Crippen molar-refractivity contribution in [1.29, 1.82) is 0 Å². The number of hydrogen-bond donors (Lipinski definition) is 0. The molecule has 0 saturated heterocycles. The van der Waals surface area contributed by atoms with Gasteiger partial charge in [0.25, 0.3) is 0 Å². The van der Waals surface area contributed by atoms with Gasteiger partial charge in [0.05, 0.1) is 23.8 Å². The molecule has 0 aliphatic heterocycles. The number of sulfonamides is 1. The monoisotopic (exact) mass is 387 g/mol. The van der Waals surface area contributed by atoms with Crippen molar-refractivity contribution < 1.29 is 12.9 Å². The molecule has 26 heavy (non-hydrogen) atoms. The third-order valence-corrected chi connectivity index (χ3v) is 5.83. The molecule has 8 heteroatoms. The molecule has 0 atom stereocenters. The summed E-state index contributed by atoms with van der Waals surface area (Å²) < 4.78 is 32.2. The molecular formula is C18H14ClN3O3S. The molecule has 3 rings (SSSR count). The SMILES string of the molecule is C#CCN(Cc1cc(-c2ccccn2)no1)S(=O)(=O)c1ccccc1Cl. The minimum Gasteiger partial charge on any atom is -0.359 e. The molecule has 0 bridgehead atoms. The molecule has 3 aromatic rings. The molecular weight excluding hydrogens is 374 g/mol. The van der Waals surface area contributed by atoms with Crippen LogP contribution in [0, 0.1) is 12.3 Å². The van der Waals surface area contributed by atoms with E-state index in [9.17, 15) is 8.42 Å². The van der Waals surface area contributed by atoms with Crippen molar-refractivity contribution in [2.75, 3.05) is 6.54 Å². The van der Waals surface area contributed by atoms with Crippen LogP contribution in [0.5, 0.6) is 0 Å². The van der Waals surface area contributed by atoms with Crippen molar-refractivity contribution in [3.05, 3.63) is 65.5 Å². The predicted octanol–water partition coefficient (Wildman–Crippen LogP) is 3.21. The molecule has 0 saturated carbocycles. The first-order chi connectivity index (χ1) is 12.5. The van der Waals surface area contributed by atoms with E-state index >= 15 is 0 Å². The normalized spacial score (nSPS) is 11.4. The van der Waals surface area contributed by atoms with Gasteiger partial charge in [-0.15, -0.1) is 6.42 Å². The molecule has 0 aliphatic rings. The number of benzene rings is 1. The van der Waals surface area contributed by atoms with Crippen LogP contribution in [0.2, 0.25) is 5.02 Å². The smallest absolute Gasteiger partial charge is 0.245 e. The van der Waals surface area contributed by atoms with Gasteiger partial charge in [-0.25, -0.2) is 8.42 Å². The van der Waals surface area contributed by atoms with Gasteiger partial charge in [0.1, 0.15) is 10.6 Å². The number of nitrogens with zero attached hydrogens (tertiary/aromatic N) is 3. The van der Waals surface area contributed by atoms with Gasteiger partial charge < -0.3 is 4.52 Å². The predicted molar refractivity (Wildman–Crippen MR) is 97.6 cm³/mol. The van der Waals surface area contributed by atoms with Crippen LogP contribution < -0.4 is 0 Å². The maximum atomic E-state index is 12.9. The summed E-state index contributed by atoms with van der Waals surface area (Å²) in [5, 5.41) is 4.06. The maximum Gasteiger partial charge on any atom is 0.245 e. The van der Waals surface area contributed by atoms with Crippen LogP contribution >= 0.6 is 11.6 Å². The molecule has 0 spiro atoms. The van der Waals surface area contributed by atoms with Gasteiger partial charge in [0.2, 0.25) is 10.0 Å². The van der Waals surface area contributed by atoms with Crippen molar-refractivity contribution in [2.45, 2.75) is 11.4 Å². The molecule has 1 aromatic carbocycles. The Morgan fingerprint density at radius 1 is 1.15 bits per heavy atom. The number of terminal acetylenes is 1. The highest BCUT2D eigenvalue weighted by atomic mass is 35.5. The van der Waals surface area contributed by atoms with Crippen molar-refractivity contribution >= 4 is 21.6 Å². The lowest BCUT2D eigenvalue weighted by Crippen LogP contribution is -2.31. The van der Waals surface area contributed by atoms with E-state index < -0.39 is 10.0 Å². The standard InChI is InChI=1S/C18H14ClN3O3S/c1-2-11-22(26(23,24)18-9-4-3-7-15(18)19)13-14-12-17(21-25-14)16-8-5-6-10-20-16/h1,3-10,12H,11,13H2. The second kappa shape index (κ2) is 7.70. The van der Waals surface area contributed by atoms with Crippen molar-refractivity contribution in [3.63, 3.8) is 0 Å². The van der Waals surface area contributed by atoms with Crippen LogP contribution in [0.15, 0.2) is 64.1 Å². The average Bonchev–Trinajstić information content (AvgIpc) is 3.11. The third-order valence-electron chi connectivity index (χ3n) is 3.54. The summed E-state index contributed by atoms with van der Waals surface area (Å²) in [6, 6.07) is 13.2. The van der Waals surface area contributed by atoms with Crippen molar-refractivity contribution in [3.8, 4) is 23.7 Å². The first kappa shape index (κ1) is 18.1. The first-order valence-corrected chi connectivity index (χ1v) is 9.39. The molecule has 0 fully saturated rings. The molecule has 0 unspecified atom stereocenters. The fourth-order valence-corrected chi connectivity index (χ4v) is 4.13. The van der Waals surface area contributed by atoms with Crippen molar-refractivity contribution in [2.24, 2.45) is 0 Å². The van der Waals surface area contributed by atoms with Crippen LogP contribution in [0.1, 0.15) is 5.76 Å². The summed E-state index contributed by atoms with van der Waals surface area (Å²) >= 11 is 6.04. The third kappa shape index (κ3) is 3.78. The molecule has 2 heterocycles. The topological polar surface area (TPSA) is 76.3 Å². The molecule has 6 nitrogen and oxygen atoms in total. The van der Waals surface area contributed by atoms with Gasteiger partial charge in [-0.3, -0.25) is 4.98 Å². The Labute approximate surface area is 156 Å². The van der Waals surface area contributed by atoms with Crippen LogP contribution in [0.25, 0.3) is 11.4 Å². The molecule has 0 aliphatic carbocycles. The van der Waals surface area contributed by atoms with Gasteiger partial charge in [0.15, 0.2) is 5.76 Å². The summed E-state index contributed by atoms with van der Waals surface area (Å²) in [6.07, 6.45) is 6.98. The van der Waals surface area contributed by atoms with Crippen LogP contribution in [-0.2, 0) is 16.6 Å². The zero-order valence-electron chi connectivity index (χ0n) is 13.5. The van der Waals surface area contributed by atoms with E-state index in [-0.39, 0.29) is 23.0 Å². The lowest BCUT2D eigenvalue weighted by molar-refractivity contribution is 0.336. The second-order valence-electron chi connectivity index (χ2n) is 5.30. The number of pyridine rings is 1. The molecule has 132 valence electrons. The van der Waals surface area contributed by atoms with E-state index in [1.165, 1.54) is 12.1 Å². The van der Waals surface area contributed by atoms with Gasteiger partial charge in [-0.2, -0.15) is 4.31 Å². The second-order valence-corrected chi connectivity index (χ2v) is 7.61. The lowest BCUT2D eigenvalue weighted by Gasteiger charge is -2.19. The van der Waals surface area contributed by atoms with Crippen LogP contribution in [0.4, 0.5) is 0 Å². The van der Waals surface area contributed by atoms with E-state index in [4.69, 9.17) is 22.5 Å². The fourth-order valence-electron chi connectivity index (χ4n) is 2.32. The lowest BCUT2D eigenvalue weighted by atomic mass is 10.2. The minimum atomic E-state index is -3.89. The number of aromatic nitrogens is 2. The Morgan fingerprint density at radius 2 is 1.92 bits per heavy atom. The molecule has 0 radical (unpaired) electrons. The highest BCUT2D eigenvalue weighted by Crippen LogP contribution is 2.26. The summed E-state index contributed by atoms with van der Waals surface area (Å²) in [6.45, 7) is -0.204. The van der Waals surface area contributed by atoms with Crippen LogP contribution in [-0.4, -0.2) is 29.4 Å². The van der Waals surface area contributed by atoms with E-state index in [1.807, 2.05) is 6.07 Å². The zero-order valence-corrected chi connectivity index (χ0v) is 15.1. The quantitative estimate of drug-likeness (QED) is 0.607. The van der Waals surface area contributed by atoms with E-state index in [0.717, 1.165) is 4.31 Å². The van der Waals surface area contributed by atoms with Crippen molar-refractivity contribution in [1.82, 2.24) is 14.4 Å². The molecule has 2 aromatic heterocycles. The summed E-state index contributed by atoms with van der Waals surface area (Å²) in [7, 11) is -3.89. The summed E-state index contributed by atoms with van der Waals surface area (Å²) in [5.74, 6) is 2.70. The molecule has 0 amide bonds. The highest BCUT2D eigenvalue weighted by Gasteiger charge is 2.27. The molecule has 0 N–H and O–H groups in total. The average molecular weight is 388 g/mol. The van der Waals surface area contributed by atoms with E-state index in [1.54, 1.807) is 36.5 Å². The Hall–Kier alpha value is -2.66. The van der Waals surface area contributed by atoms with Crippen LogP contribution in [0.3, 0.4) is 0 Å². The number of halogens is 1. The highest BCUT2D eigenvalue weighted by molar-refractivity contribution is 7.89. The van der Waals surface area contributed by atoms with Gasteiger partial charge in [-0.05, 0) is 24.3 Å². The fraction of sp³-hybridized carbons (Fsp3) is 0.111.